The van der Waals surface area contributed by atoms with E-state index in [1.165, 1.54) is 24.6 Å². The fraction of sp³-hybridized carbons (Fsp3) is 0.400. The fourth-order valence-electron chi connectivity index (χ4n) is 4.35. The Bertz CT molecular complexity index is 998. The van der Waals surface area contributed by atoms with Gasteiger partial charge in [-0.1, -0.05) is 30.3 Å². The third-order valence-corrected chi connectivity index (χ3v) is 6.13. The van der Waals surface area contributed by atoms with E-state index < -0.39 is 0 Å². The van der Waals surface area contributed by atoms with E-state index in [2.05, 4.69) is 55.8 Å². The topological polar surface area (TPSA) is 55.5 Å². The molecule has 6 heteroatoms. The molecule has 3 N–H and O–H groups in total. The molecule has 5 nitrogen and oxygen atoms in total. The first-order valence-electron chi connectivity index (χ1n) is 11.2. The zero-order chi connectivity index (χ0) is 21.5. The maximum atomic E-state index is 13.5. The van der Waals surface area contributed by atoms with Crippen LogP contribution >= 0.6 is 0 Å². The quantitative estimate of drug-likeness (QED) is 0.385. The molecule has 1 fully saturated rings. The van der Waals surface area contributed by atoms with Gasteiger partial charge in [0.25, 0.3) is 0 Å². The van der Waals surface area contributed by atoms with Crippen LogP contribution in [0.2, 0.25) is 0 Å². The van der Waals surface area contributed by atoms with Crippen LogP contribution in [0.25, 0.3) is 10.9 Å². The maximum Gasteiger partial charge on any atom is 0.190 e. The molecule has 1 aliphatic heterocycles. The molecule has 2 heterocycles. The van der Waals surface area contributed by atoms with Gasteiger partial charge in [-0.3, -0.25) is 4.99 Å². The summed E-state index contributed by atoms with van der Waals surface area (Å²) in [5.41, 5.74) is 3.49. The summed E-state index contributed by atoms with van der Waals surface area (Å²) in [4.78, 5) is 10.1. The molecule has 3 aromatic rings. The number of halogens is 1. The molecule has 0 aliphatic carbocycles. The van der Waals surface area contributed by atoms with E-state index in [0.717, 1.165) is 61.4 Å². The summed E-state index contributed by atoms with van der Waals surface area (Å²) in [5, 5.41) is 7.81. The third-order valence-electron chi connectivity index (χ3n) is 6.13. The van der Waals surface area contributed by atoms with Gasteiger partial charge >= 0.3 is 0 Å². The Labute approximate surface area is 183 Å². The predicted octanol–water partition coefficient (Wildman–Crippen LogP) is 3.58. The van der Waals surface area contributed by atoms with Gasteiger partial charge in [0.15, 0.2) is 5.96 Å². The number of likely N-dealkylation sites (tertiary alicyclic amines) is 1. The van der Waals surface area contributed by atoms with Crippen molar-refractivity contribution in [1.29, 1.82) is 0 Å². The Morgan fingerprint density at radius 1 is 1.16 bits per heavy atom. The molecule has 0 spiro atoms. The number of nitrogens with one attached hydrogen (secondary N) is 3. The number of fused-ring (bicyclic) bond motifs is 1. The second-order valence-corrected chi connectivity index (χ2v) is 8.32. The number of aromatic nitrogens is 1. The van der Waals surface area contributed by atoms with Crippen LogP contribution in [-0.2, 0) is 12.8 Å². The second-order valence-electron chi connectivity index (χ2n) is 8.32. The molecule has 164 valence electrons. The summed E-state index contributed by atoms with van der Waals surface area (Å²) in [6.45, 7) is 5.11. The van der Waals surface area contributed by atoms with Crippen LogP contribution in [0, 0.1) is 11.7 Å². The van der Waals surface area contributed by atoms with Crippen molar-refractivity contribution in [3.05, 3.63) is 71.7 Å². The number of rotatable bonds is 8. The van der Waals surface area contributed by atoms with E-state index in [4.69, 9.17) is 0 Å². The molecule has 0 bridgehead atoms. The van der Waals surface area contributed by atoms with Gasteiger partial charge in [-0.15, -0.1) is 0 Å². The molecule has 4 rings (SSSR count). The highest BCUT2D eigenvalue weighted by Crippen LogP contribution is 2.19. The number of aliphatic imine (C=N–C) groups is 1. The molecule has 1 saturated heterocycles. The van der Waals surface area contributed by atoms with Crippen molar-refractivity contribution in [1.82, 2.24) is 20.5 Å². The summed E-state index contributed by atoms with van der Waals surface area (Å²) in [6.07, 6.45) is 5.10. The minimum atomic E-state index is -0.201. The first kappa shape index (κ1) is 21.4. The van der Waals surface area contributed by atoms with Gasteiger partial charge < -0.3 is 20.5 Å². The molecule has 31 heavy (non-hydrogen) atoms. The van der Waals surface area contributed by atoms with Crippen LogP contribution in [0.1, 0.15) is 17.5 Å². The van der Waals surface area contributed by atoms with Crippen molar-refractivity contribution < 1.29 is 4.39 Å². The minimum Gasteiger partial charge on any atom is -0.361 e. The Balaban J connectivity index is 1.17. The SMILES string of the molecule is CN=C(NCCc1c[nH]c2ccc(F)cc12)NCC1CCN(CCc2ccccc2)C1. The lowest BCUT2D eigenvalue weighted by Gasteiger charge is -2.17. The van der Waals surface area contributed by atoms with Gasteiger partial charge in [0.1, 0.15) is 5.82 Å². The first-order chi connectivity index (χ1) is 15.2. The van der Waals surface area contributed by atoms with Crippen molar-refractivity contribution in [3.63, 3.8) is 0 Å². The molecule has 1 aliphatic rings. The molecule has 1 atom stereocenters. The van der Waals surface area contributed by atoms with Crippen LogP contribution in [0.5, 0.6) is 0 Å². The number of guanidine groups is 1. The van der Waals surface area contributed by atoms with E-state index in [1.807, 2.05) is 6.20 Å². The standard InChI is InChI=1S/C25H32FN5/c1-27-25(28-12-9-21-17-29-24-8-7-22(26)15-23(21)24)30-16-20-11-14-31(18-20)13-10-19-5-3-2-4-6-19/h2-8,15,17,20,29H,9-14,16,18H2,1H3,(H2,27,28,30). The Hall–Kier alpha value is -2.86. The molecule has 2 aromatic carbocycles. The van der Waals surface area contributed by atoms with E-state index in [1.54, 1.807) is 19.2 Å². The number of aromatic amines is 1. The number of nitrogens with zero attached hydrogens (tertiary/aromatic N) is 2. The van der Waals surface area contributed by atoms with Crippen molar-refractivity contribution in [3.8, 4) is 0 Å². The summed E-state index contributed by atoms with van der Waals surface area (Å²) < 4.78 is 13.5. The van der Waals surface area contributed by atoms with Crippen molar-refractivity contribution >= 4 is 16.9 Å². The second kappa shape index (κ2) is 10.4. The van der Waals surface area contributed by atoms with Gasteiger partial charge in [-0.05, 0) is 61.1 Å². The number of hydrogen-bond acceptors (Lipinski definition) is 2. The normalized spacial score (nSPS) is 17.4. The highest BCUT2D eigenvalue weighted by molar-refractivity contribution is 5.83. The lowest BCUT2D eigenvalue weighted by atomic mass is 10.1. The van der Waals surface area contributed by atoms with Gasteiger partial charge in [0.05, 0.1) is 0 Å². The molecular formula is C25H32FN5. The molecule has 0 amide bonds. The number of benzene rings is 2. The number of hydrogen-bond donors (Lipinski definition) is 3. The molecule has 1 unspecified atom stereocenters. The van der Waals surface area contributed by atoms with Crippen LogP contribution in [0.4, 0.5) is 4.39 Å². The van der Waals surface area contributed by atoms with Gasteiger partial charge in [0, 0.05) is 50.3 Å². The molecule has 0 radical (unpaired) electrons. The fourth-order valence-corrected chi connectivity index (χ4v) is 4.35. The minimum absolute atomic E-state index is 0.201. The van der Waals surface area contributed by atoms with Gasteiger partial charge in [0.2, 0.25) is 0 Å². The molecular weight excluding hydrogens is 389 g/mol. The van der Waals surface area contributed by atoms with Crippen LogP contribution in [0.15, 0.2) is 59.7 Å². The van der Waals surface area contributed by atoms with Gasteiger partial charge in [-0.25, -0.2) is 4.39 Å². The molecule has 1 aromatic heterocycles. The Morgan fingerprint density at radius 3 is 2.87 bits per heavy atom. The van der Waals surface area contributed by atoms with E-state index >= 15 is 0 Å². The van der Waals surface area contributed by atoms with E-state index in [0.29, 0.717) is 5.92 Å². The average molecular weight is 422 g/mol. The van der Waals surface area contributed by atoms with Crippen molar-refractivity contribution in [2.24, 2.45) is 10.9 Å². The summed E-state index contributed by atoms with van der Waals surface area (Å²) in [6, 6.07) is 15.6. The highest BCUT2D eigenvalue weighted by Gasteiger charge is 2.22. The van der Waals surface area contributed by atoms with Crippen molar-refractivity contribution in [2.75, 3.05) is 39.8 Å². The lowest BCUT2D eigenvalue weighted by Crippen LogP contribution is -2.41. The van der Waals surface area contributed by atoms with Crippen LogP contribution in [-0.4, -0.2) is 55.6 Å². The first-order valence-corrected chi connectivity index (χ1v) is 11.2. The summed E-state index contributed by atoms with van der Waals surface area (Å²) >= 11 is 0. The third kappa shape index (κ3) is 5.85. The summed E-state index contributed by atoms with van der Waals surface area (Å²) in [7, 11) is 1.80. The van der Waals surface area contributed by atoms with Crippen molar-refractivity contribution in [2.45, 2.75) is 19.3 Å². The van der Waals surface area contributed by atoms with Crippen LogP contribution < -0.4 is 10.6 Å². The van der Waals surface area contributed by atoms with E-state index in [9.17, 15) is 4.39 Å². The largest absolute Gasteiger partial charge is 0.361 e. The summed E-state index contributed by atoms with van der Waals surface area (Å²) in [5.74, 6) is 1.27. The van der Waals surface area contributed by atoms with Crippen LogP contribution in [0.3, 0.4) is 0 Å². The maximum absolute atomic E-state index is 13.5. The smallest absolute Gasteiger partial charge is 0.190 e. The average Bonchev–Trinajstić information content (AvgIpc) is 3.42. The predicted molar refractivity (Wildman–Crippen MR) is 126 cm³/mol. The molecule has 0 saturated carbocycles. The Morgan fingerprint density at radius 2 is 2.03 bits per heavy atom. The van der Waals surface area contributed by atoms with E-state index in [-0.39, 0.29) is 5.82 Å². The zero-order valence-corrected chi connectivity index (χ0v) is 18.2. The highest BCUT2D eigenvalue weighted by atomic mass is 19.1. The Kier molecular flexibility index (Phi) is 7.20. The number of H-pyrrole nitrogens is 1. The zero-order valence-electron chi connectivity index (χ0n) is 18.2. The lowest BCUT2D eigenvalue weighted by molar-refractivity contribution is 0.328. The van der Waals surface area contributed by atoms with Gasteiger partial charge in [-0.2, -0.15) is 0 Å². The monoisotopic (exact) mass is 421 g/mol.